The maximum Gasteiger partial charge on any atom is 0.416 e. The van der Waals surface area contributed by atoms with Crippen LogP contribution in [-0.4, -0.2) is 33.2 Å². The molecule has 0 bridgehead atoms. The minimum atomic E-state index is -4.39. The smallest absolute Gasteiger partial charge is 0.416 e. The van der Waals surface area contributed by atoms with Crippen LogP contribution in [0, 0.1) is 0 Å². The molecule has 0 spiro atoms. The van der Waals surface area contributed by atoms with E-state index in [1.54, 1.807) is 18.2 Å². The number of hydrogen-bond donors (Lipinski definition) is 2. The summed E-state index contributed by atoms with van der Waals surface area (Å²) in [6, 6.07) is 9.74. The zero-order valence-corrected chi connectivity index (χ0v) is 14.5. The second-order valence-corrected chi connectivity index (χ2v) is 6.04. The number of carbonyl (C=O) groups excluding carboxylic acids is 1. The second kappa shape index (κ2) is 6.52. The molecular weight excluding hydrogens is 373 g/mol. The van der Waals surface area contributed by atoms with Gasteiger partial charge in [-0.05, 0) is 35.9 Å². The van der Waals surface area contributed by atoms with Crippen LogP contribution in [0.1, 0.15) is 15.9 Å². The second-order valence-electron chi connectivity index (χ2n) is 6.04. The summed E-state index contributed by atoms with van der Waals surface area (Å²) >= 11 is 0. The number of nitrogens with one attached hydrogen (secondary N) is 2. The molecule has 0 saturated carbocycles. The van der Waals surface area contributed by atoms with E-state index >= 15 is 0 Å². The number of carbonyl (C=O) groups is 1. The molecule has 2 heterocycles. The lowest BCUT2D eigenvalue weighted by molar-refractivity contribution is -0.137. The number of esters is 1. The molecular formula is C19H13F3N4O2. The van der Waals surface area contributed by atoms with E-state index in [1.165, 1.54) is 25.4 Å². The van der Waals surface area contributed by atoms with Crippen LogP contribution in [0.25, 0.3) is 33.7 Å². The van der Waals surface area contributed by atoms with Gasteiger partial charge in [0.15, 0.2) is 5.82 Å². The molecule has 2 N–H and O–H groups in total. The molecule has 0 unspecified atom stereocenters. The quantitative estimate of drug-likeness (QED) is 0.511. The number of methoxy groups -OCH3 is 1. The predicted molar refractivity (Wildman–Crippen MR) is 95.5 cm³/mol. The van der Waals surface area contributed by atoms with E-state index in [0.29, 0.717) is 39.2 Å². The van der Waals surface area contributed by atoms with Crippen molar-refractivity contribution in [3.8, 4) is 22.8 Å². The largest absolute Gasteiger partial charge is 0.465 e. The number of rotatable bonds is 3. The highest BCUT2D eigenvalue weighted by Crippen LogP contribution is 2.31. The molecule has 0 saturated heterocycles. The van der Waals surface area contributed by atoms with E-state index in [2.05, 4.69) is 20.2 Å². The highest BCUT2D eigenvalue weighted by Gasteiger charge is 2.30. The number of imidazole rings is 1. The zero-order valence-electron chi connectivity index (χ0n) is 14.5. The van der Waals surface area contributed by atoms with Crippen LogP contribution in [0.4, 0.5) is 13.2 Å². The number of aromatic nitrogens is 4. The summed E-state index contributed by atoms with van der Waals surface area (Å²) in [5.74, 6) is -0.0536. The van der Waals surface area contributed by atoms with Gasteiger partial charge in [0.05, 0.1) is 35.6 Å². The monoisotopic (exact) mass is 386 g/mol. The summed E-state index contributed by atoms with van der Waals surface area (Å²) in [7, 11) is 1.30. The van der Waals surface area contributed by atoms with Crippen LogP contribution in [0.5, 0.6) is 0 Å². The minimum Gasteiger partial charge on any atom is -0.465 e. The van der Waals surface area contributed by atoms with Crippen LogP contribution in [-0.2, 0) is 10.9 Å². The molecule has 9 heteroatoms. The summed E-state index contributed by atoms with van der Waals surface area (Å²) in [5.41, 5.74) is 1.94. The molecule has 28 heavy (non-hydrogen) atoms. The van der Waals surface area contributed by atoms with Gasteiger partial charge in [-0.3, -0.25) is 5.10 Å². The minimum absolute atomic E-state index is 0.368. The Balaban J connectivity index is 1.70. The number of halogens is 3. The molecule has 0 aliphatic heterocycles. The van der Waals surface area contributed by atoms with E-state index in [4.69, 9.17) is 4.74 Å². The fourth-order valence-corrected chi connectivity index (χ4v) is 2.87. The van der Waals surface area contributed by atoms with Gasteiger partial charge in [0.1, 0.15) is 5.69 Å². The molecule has 0 aliphatic carbocycles. The van der Waals surface area contributed by atoms with Crippen LogP contribution in [0.2, 0.25) is 0 Å². The standard InChI is InChI=1S/C19H13F3N4O2/c1-28-18(27)11-4-7-14-13(8-11)16(26-25-14)17-23-9-15(24-17)10-2-5-12(6-3-10)19(20,21)22/h2-9H,1H3,(H,23,24)(H,25,26). The summed E-state index contributed by atoms with van der Waals surface area (Å²) < 4.78 is 42.9. The van der Waals surface area contributed by atoms with Gasteiger partial charge >= 0.3 is 12.1 Å². The first kappa shape index (κ1) is 17.8. The highest BCUT2D eigenvalue weighted by atomic mass is 19.4. The molecule has 0 fully saturated rings. The molecule has 2 aromatic heterocycles. The molecule has 4 aromatic rings. The van der Waals surface area contributed by atoms with Gasteiger partial charge in [0.2, 0.25) is 0 Å². The van der Waals surface area contributed by atoms with Crippen LogP contribution < -0.4 is 0 Å². The van der Waals surface area contributed by atoms with Gasteiger partial charge in [-0.1, -0.05) is 12.1 Å². The van der Waals surface area contributed by atoms with Gasteiger partial charge in [0, 0.05) is 5.39 Å². The maximum atomic E-state index is 12.7. The lowest BCUT2D eigenvalue weighted by Gasteiger charge is -2.06. The average molecular weight is 386 g/mol. The summed E-state index contributed by atoms with van der Waals surface area (Å²) in [4.78, 5) is 19.1. The molecule has 0 radical (unpaired) electrons. The normalized spacial score (nSPS) is 11.7. The van der Waals surface area contributed by atoms with Crippen molar-refractivity contribution in [2.45, 2.75) is 6.18 Å². The first-order chi connectivity index (χ1) is 13.4. The number of aromatic amines is 2. The number of benzene rings is 2. The molecule has 0 amide bonds. The van der Waals surface area contributed by atoms with Crippen molar-refractivity contribution in [2.24, 2.45) is 0 Å². The number of ether oxygens (including phenoxy) is 1. The molecule has 0 atom stereocenters. The van der Waals surface area contributed by atoms with E-state index in [1.807, 2.05) is 0 Å². The number of H-pyrrole nitrogens is 2. The Morgan fingerprint density at radius 3 is 2.54 bits per heavy atom. The highest BCUT2D eigenvalue weighted by molar-refractivity contribution is 5.98. The molecule has 0 aliphatic rings. The number of nitrogens with zero attached hydrogens (tertiary/aromatic N) is 2. The Labute approximate surface area is 156 Å². The Morgan fingerprint density at radius 2 is 1.86 bits per heavy atom. The van der Waals surface area contributed by atoms with Crippen molar-refractivity contribution in [3.63, 3.8) is 0 Å². The Hall–Kier alpha value is -3.62. The van der Waals surface area contributed by atoms with Gasteiger partial charge in [-0.25, -0.2) is 9.78 Å². The topological polar surface area (TPSA) is 83.7 Å². The number of hydrogen-bond acceptors (Lipinski definition) is 4. The van der Waals surface area contributed by atoms with Gasteiger partial charge in [0.25, 0.3) is 0 Å². The lowest BCUT2D eigenvalue weighted by atomic mass is 10.1. The third kappa shape index (κ3) is 3.11. The van der Waals surface area contributed by atoms with E-state index < -0.39 is 17.7 Å². The fraction of sp³-hybridized carbons (Fsp3) is 0.105. The molecule has 6 nitrogen and oxygen atoms in total. The van der Waals surface area contributed by atoms with Crippen LogP contribution >= 0.6 is 0 Å². The van der Waals surface area contributed by atoms with Gasteiger partial charge in [-0.15, -0.1) is 0 Å². The molecule has 2 aromatic carbocycles. The van der Waals surface area contributed by atoms with Gasteiger partial charge < -0.3 is 9.72 Å². The fourth-order valence-electron chi connectivity index (χ4n) is 2.87. The van der Waals surface area contributed by atoms with Crippen molar-refractivity contribution in [1.82, 2.24) is 20.2 Å². The Kier molecular flexibility index (Phi) is 4.14. The average Bonchev–Trinajstić information content (AvgIpc) is 3.33. The summed E-state index contributed by atoms with van der Waals surface area (Å²) in [5, 5.41) is 7.75. The zero-order chi connectivity index (χ0) is 19.9. The van der Waals surface area contributed by atoms with E-state index in [-0.39, 0.29) is 0 Å². The van der Waals surface area contributed by atoms with Crippen molar-refractivity contribution < 1.29 is 22.7 Å². The van der Waals surface area contributed by atoms with Crippen LogP contribution in [0.15, 0.2) is 48.7 Å². The maximum absolute atomic E-state index is 12.7. The first-order valence-corrected chi connectivity index (χ1v) is 8.16. The third-order valence-corrected chi connectivity index (χ3v) is 4.31. The van der Waals surface area contributed by atoms with Crippen molar-refractivity contribution in [2.75, 3.05) is 7.11 Å². The Morgan fingerprint density at radius 1 is 1.11 bits per heavy atom. The van der Waals surface area contributed by atoms with E-state index in [0.717, 1.165) is 12.1 Å². The Bertz CT molecular complexity index is 1160. The van der Waals surface area contributed by atoms with E-state index in [9.17, 15) is 18.0 Å². The molecule has 142 valence electrons. The van der Waals surface area contributed by atoms with Crippen LogP contribution in [0.3, 0.4) is 0 Å². The predicted octanol–water partition coefficient (Wildman–Crippen LogP) is 4.43. The van der Waals surface area contributed by atoms with Gasteiger partial charge in [-0.2, -0.15) is 18.3 Å². The molecule has 4 rings (SSSR count). The van der Waals surface area contributed by atoms with Crippen molar-refractivity contribution >= 4 is 16.9 Å². The number of fused-ring (bicyclic) bond motifs is 1. The van der Waals surface area contributed by atoms with Crippen molar-refractivity contribution in [3.05, 3.63) is 59.8 Å². The lowest BCUT2D eigenvalue weighted by Crippen LogP contribution is -2.03. The van der Waals surface area contributed by atoms with Crippen molar-refractivity contribution in [1.29, 1.82) is 0 Å². The SMILES string of the molecule is COC(=O)c1ccc2[nH]nc(-c3ncc(-c4ccc(C(F)(F)F)cc4)[nH]3)c2c1. The summed E-state index contributed by atoms with van der Waals surface area (Å²) in [6.07, 6.45) is -2.87. The number of alkyl halides is 3. The summed E-state index contributed by atoms with van der Waals surface area (Å²) in [6.45, 7) is 0. The third-order valence-electron chi connectivity index (χ3n) is 4.31. The first-order valence-electron chi connectivity index (χ1n) is 8.16.